The molecule has 1 saturated heterocycles. The molecule has 1 fully saturated rings. The SMILES string of the molecule is CC[C@H](O)[C@H](CC)N1C(=O)[C@](C)(CC(=O)O)C[C@H](c2cccc(Cl)c2)[C@H]1c1ccc(Cl)cc1. The molecular weight excluding hydrogens is 461 g/mol. The number of piperidine rings is 1. The van der Waals surface area contributed by atoms with Gasteiger partial charge in [-0.2, -0.15) is 0 Å². The maximum atomic E-state index is 14.0. The van der Waals surface area contributed by atoms with Gasteiger partial charge < -0.3 is 15.1 Å². The van der Waals surface area contributed by atoms with E-state index < -0.39 is 29.6 Å². The van der Waals surface area contributed by atoms with Crippen molar-refractivity contribution in [1.82, 2.24) is 4.90 Å². The van der Waals surface area contributed by atoms with E-state index in [-0.39, 0.29) is 18.2 Å². The summed E-state index contributed by atoms with van der Waals surface area (Å²) >= 11 is 12.5. The molecule has 2 aromatic rings. The Bertz CT molecular complexity index is 996. The molecule has 5 nitrogen and oxygen atoms in total. The molecule has 0 unspecified atom stereocenters. The summed E-state index contributed by atoms with van der Waals surface area (Å²) < 4.78 is 0. The third-order valence-corrected chi connectivity index (χ3v) is 7.26. The first-order chi connectivity index (χ1) is 15.6. The average molecular weight is 492 g/mol. The largest absolute Gasteiger partial charge is 0.481 e. The number of hydrogen-bond acceptors (Lipinski definition) is 3. The highest BCUT2D eigenvalue weighted by molar-refractivity contribution is 6.30. The topological polar surface area (TPSA) is 77.8 Å². The lowest BCUT2D eigenvalue weighted by Gasteiger charge is -2.52. The first-order valence-corrected chi connectivity index (χ1v) is 12.1. The molecule has 1 amide bonds. The summed E-state index contributed by atoms with van der Waals surface area (Å²) in [5.74, 6) is -1.49. The quantitative estimate of drug-likeness (QED) is 0.468. The number of rotatable bonds is 8. The van der Waals surface area contributed by atoms with Crippen molar-refractivity contribution in [3.63, 3.8) is 0 Å². The van der Waals surface area contributed by atoms with E-state index in [1.165, 1.54) is 0 Å². The van der Waals surface area contributed by atoms with Crippen molar-refractivity contribution in [2.24, 2.45) is 5.41 Å². The zero-order chi connectivity index (χ0) is 24.3. The molecule has 7 heteroatoms. The van der Waals surface area contributed by atoms with E-state index in [0.29, 0.717) is 29.3 Å². The molecular formula is C26H31Cl2NO4. The Labute approximate surface area is 205 Å². The Kier molecular flexibility index (Phi) is 8.09. The molecule has 3 rings (SSSR count). The highest BCUT2D eigenvalue weighted by atomic mass is 35.5. The van der Waals surface area contributed by atoms with Gasteiger partial charge in [-0.05, 0) is 54.7 Å². The molecule has 33 heavy (non-hydrogen) atoms. The Hall–Kier alpha value is -2.08. The van der Waals surface area contributed by atoms with Crippen molar-refractivity contribution in [2.45, 2.75) is 70.6 Å². The average Bonchev–Trinajstić information content (AvgIpc) is 2.77. The third-order valence-electron chi connectivity index (χ3n) is 6.77. The molecule has 178 valence electrons. The minimum absolute atomic E-state index is 0.218. The van der Waals surface area contributed by atoms with Gasteiger partial charge in [-0.15, -0.1) is 0 Å². The number of amides is 1. The number of carboxylic acid groups (broad SMARTS) is 1. The van der Waals surface area contributed by atoms with Crippen LogP contribution in [0.15, 0.2) is 48.5 Å². The van der Waals surface area contributed by atoms with Gasteiger partial charge in [0, 0.05) is 16.0 Å². The van der Waals surface area contributed by atoms with Gasteiger partial charge in [0.05, 0.1) is 30.0 Å². The standard InChI is InChI=1S/C26H31Cl2NO4/c1-4-21(22(30)5-2)29-24(16-9-11-18(27)12-10-16)20(17-7-6-8-19(28)13-17)14-26(3,25(29)33)15-23(31)32/h6-13,20-22,24,30H,4-5,14-15H2,1-3H3,(H,31,32)/t20-,21+,22+,24-,26+/m1/s1. The van der Waals surface area contributed by atoms with Crippen LogP contribution in [-0.2, 0) is 9.59 Å². The molecule has 0 bridgehead atoms. The number of likely N-dealkylation sites (tertiary alicyclic amines) is 1. The molecule has 2 N–H and O–H groups in total. The number of hydrogen-bond donors (Lipinski definition) is 2. The molecule has 0 radical (unpaired) electrons. The number of aliphatic hydroxyl groups is 1. The Morgan fingerprint density at radius 2 is 1.76 bits per heavy atom. The minimum Gasteiger partial charge on any atom is -0.481 e. The van der Waals surface area contributed by atoms with Crippen molar-refractivity contribution in [3.05, 3.63) is 69.7 Å². The zero-order valence-corrected chi connectivity index (χ0v) is 20.7. The van der Waals surface area contributed by atoms with Crippen LogP contribution in [0, 0.1) is 5.41 Å². The Balaban J connectivity index is 2.25. The number of benzene rings is 2. The minimum atomic E-state index is -1.12. The Morgan fingerprint density at radius 3 is 2.30 bits per heavy atom. The van der Waals surface area contributed by atoms with Gasteiger partial charge in [0.15, 0.2) is 0 Å². The Morgan fingerprint density at radius 1 is 1.09 bits per heavy atom. The van der Waals surface area contributed by atoms with Crippen LogP contribution in [0.25, 0.3) is 0 Å². The fourth-order valence-corrected chi connectivity index (χ4v) is 5.50. The molecule has 0 aliphatic carbocycles. The number of halogens is 2. The second-order valence-corrected chi connectivity index (χ2v) is 10.0. The van der Waals surface area contributed by atoms with Crippen molar-refractivity contribution in [3.8, 4) is 0 Å². The van der Waals surface area contributed by atoms with E-state index in [9.17, 15) is 19.8 Å². The summed E-state index contributed by atoms with van der Waals surface area (Å²) in [5, 5.41) is 21.7. The fraction of sp³-hybridized carbons (Fsp3) is 0.462. The van der Waals surface area contributed by atoms with Crippen molar-refractivity contribution in [2.75, 3.05) is 0 Å². The molecule has 1 aliphatic heterocycles. The second kappa shape index (κ2) is 10.5. The predicted octanol–water partition coefficient (Wildman–Crippen LogP) is 6.08. The number of aliphatic carboxylic acids is 1. The van der Waals surface area contributed by atoms with Gasteiger partial charge in [0.25, 0.3) is 0 Å². The lowest BCUT2D eigenvalue weighted by atomic mass is 9.66. The van der Waals surface area contributed by atoms with Crippen molar-refractivity contribution >= 4 is 35.1 Å². The van der Waals surface area contributed by atoms with Crippen LogP contribution in [0.3, 0.4) is 0 Å². The van der Waals surface area contributed by atoms with Gasteiger partial charge in [0.1, 0.15) is 0 Å². The molecule has 0 spiro atoms. The van der Waals surface area contributed by atoms with Gasteiger partial charge in [-0.25, -0.2) is 0 Å². The lowest BCUT2D eigenvalue weighted by Crippen LogP contribution is -2.58. The first-order valence-electron chi connectivity index (χ1n) is 11.3. The van der Waals surface area contributed by atoms with E-state index in [1.807, 2.05) is 44.2 Å². The first kappa shape index (κ1) is 25.5. The van der Waals surface area contributed by atoms with E-state index in [0.717, 1.165) is 11.1 Å². The van der Waals surface area contributed by atoms with E-state index >= 15 is 0 Å². The summed E-state index contributed by atoms with van der Waals surface area (Å²) in [4.78, 5) is 27.5. The number of carboxylic acids is 1. The summed E-state index contributed by atoms with van der Waals surface area (Å²) in [6, 6.07) is 14.0. The monoisotopic (exact) mass is 491 g/mol. The molecule has 0 aromatic heterocycles. The predicted molar refractivity (Wildman–Crippen MR) is 131 cm³/mol. The van der Waals surface area contributed by atoms with Crippen molar-refractivity contribution in [1.29, 1.82) is 0 Å². The van der Waals surface area contributed by atoms with Crippen LogP contribution in [-0.4, -0.2) is 39.1 Å². The van der Waals surface area contributed by atoms with Crippen LogP contribution >= 0.6 is 23.2 Å². The fourth-order valence-electron chi connectivity index (χ4n) is 5.17. The summed E-state index contributed by atoms with van der Waals surface area (Å²) in [7, 11) is 0. The molecule has 1 heterocycles. The number of aliphatic hydroxyl groups excluding tert-OH is 1. The van der Waals surface area contributed by atoms with E-state index in [1.54, 1.807) is 30.0 Å². The second-order valence-electron chi connectivity index (χ2n) is 9.16. The van der Waals surface area contributed by atoms with E-state index in [2.05, 4.69) is 0 Å². The number of carbonyl (C=O) groups is 2. The van der Waals surface area contributed by atoms with Crippen LogP contribution in [0.4, 0.5) is 0 Å². The molecule has 1 aliphatic rings. The lowest BCUT2D eigenvalue weighted by molar-refractivity contribution is -0.163. The maximum Gasteiger partial charge on any atom is 0.304 e. The highest BCUT2D eigenvalue weighted by Crippen LogP contribution is 2.52. The van der Waals surface area contributed by atoms with Crippen LogP contribution < -0.4 is 0 Å². The van der Waals surface area contributed by atoms with Gasteiger partial charge in [-0.3, -0.25) is 9.59 Å². The summed E-state index contributed by atoms with van der Waals surface area (Å²) in [6.45, 7) is 5.54. The van der Waals surface area contributed by atoms with Crippen LogP contribution in [0.2, 0.25) is 10.0 Å². The maximum absolute atomic E-state index is 14.0. The van der Waals surface area contributed by atoms with Gasteiger partial charge >= 0.3 is 5.97 Å². The summed E-state index contributed by atoms with van der Waals surface area (Å²) in [6.07, 6.45) is 0.344. The van der Waals surface area contributed by atoms with Gasteiger partial charge in [-0.1, -0.05) is 68.2 Å². The normalized spacial score (nSPS) is 25.0. The smallest absolute Gasteiger partial charge is 0.304 e. The van der Waals surface area contributed by atoms with E-state index in [4.69, 9.17) is 23.2 Å². The molecule has 0 saturated carbocycles. The molecule has 5 atom stereocenters. The molecule has 2 aromatic carbocycles. The van der Waals surface area contributed by atoms with Crippen molar-refractivity contribution < 1.29 is 19.8 Å². The van der Waals surface area contributed by atoms with Gasteiger partial charge in [0.2, 0.25) is 5.91 Å². The summed E-state index contributed by atoms with van der Waals surface area (Å²) in [5.41, 5.74) is 0.692. The number of nitrogens with zero attached hydrogens (tertiary/aromatic N) is 1. The van der Waals surface area contributed by atoms with Crippen LogP contribution in [0.1, 0.15) is 69.5 Å². The number of carbonyl (C=O) groups excluding carboxylic acids is 1. The van der Waals surface area contributed by atoms with Crippen LogP contribution in [0.5, 0.6) is 0 Å². The zero-order valence-electron chi connectivity index (χ0n) is 19.2. The highest BCUT2D eigenvalue weighted by Gasteiger charge is 2.53. The third kappa shape index (κ3) is 5.37.